The van der Waals surface area contributed by atoms with Gasteiger partial charge in [0.1, 0.15) is 0 Å². The lowest BCUT2D eigenvalue weighted by atomic mass is 10.0. The van der Waals surface area contributed by atoms with E-state index in [9.17, 15) is 9.59 Å². The number of rotatable bonds is 4. The van der Waals surface area contributed by atoms with Crippen molar-refractivity contribution in [3.05, 3.63) is 120 Å². The maximum atomic E-state index is 12.9. The SMILES string of the molecule is COC(=O)c1cc(-n2c3ccccc3c3ccccc32)c(-n2c3ccccc3c3ccccc32)cc1C=O. The lowest BCUT2D eigenvalue weighted by Crippen LogP contribution is -2.11. The van der Waals surface area contributed by atoms with E-state index in [4.69, 9.17) is 4.74 Å². The number of methoxy groups -OCH3 is 1. The highest BCUT2D eigenvalue weighted by molar-refractivity contribution is 6.12. The van der Waals surface area contributed by atoms with Gasteiger partial charge in [-0.1, -0.05) is 72.8 Å². The molecule has 0 aliphatic carbocycles. The third-order valence-corrected chi connectivity index (χ3v) is 7.32. The van der Waals surface area contributed by atoms with E-state index in [1.54, 1.807) is 12.1 Å². The number of nitrogens with zero attached hydrogens (tertiary/aromatic N) is 2. The average Bonchev–Trinajstić information content (AvgIpc) is 3.49. The summed E-state index contributed by atoms with van der Waals surface area (Å²) in [6, 6.07) is 36.5. The Labute approximate surface area is 218 Å². The van der Waals surface area contributed by atoms with Gasteiger partial charge in [0.05, 0.1) is 46.1 Å². The number of carbonyl (C=O) groups excluding carboxylic acids is 2. The number of aromatic nitrogens is 2. The largest absolute Gasteiger partial charge is 0.465 e. The summed E-state index contributed by atoms with van der Waals surface area (Å²) >= 11 is 0. The first-order chi connectivity index (χ1) is 18.7. The lowest BCUT2D eigenvalue weighted by molar-refractivity contribution is 0.0598. The molecule has 0 saturated heterocycles. The van der Waals surface area contributed by atoms with E-state index in [0.717, 1.165) is 61.3 Å². The zero-order valence-corrected chi connectivity index (χ0v) is 20.6. The van der Waals surface area contributed by atoms with E-state index in [-0.39, 0.29) is 11.1 Å². The first-order valence-corrected chi connectivity index (χ1v) is 12.4. The predicted molar refractivity (Wildman–Crippen MR) is 152 cm³/mol. The van der Waals surface area contributed by atoms with Crippen LogP contribution < -0.4 is 0 Å². The van der Waals surface area contributed by atoms with Crippen LogP contribution in [-0.2, 0) is 4.74 Å². The lowest BCUT2D eigenvalue weighted by Gasteiger charge is -2.19. The highest BCUT2D eigenvalue weighted by atomic mass is 16.5. The minimum Gasteiger partial charge on any atom is -0.465 e. The summed E-state index contributed by atoms with van der Waals surface area (Å²) in [4.78, 5) is 25.2. The molecule has 5 nitrogen and oxygen atoms in total. The van der Waals surface area contributed by atoms with Crippen molar-refractivity contribution in [1.82, 2.24) is 9.13 Å². The standard InChI is InChI=1S/C33H22N2O3/c1-38-33(37)26-19-32(35-29-16-8-4-12-24(29)25-13-5-9-17-30(25)35)31(18-21(26)20-36)34-27-14-6-2-10-22(27)23-11-3-7-15-28(23)34/h2-20H,1H3. The number of carbonyl (C=O) groups is 2. The average molecular weight is 495 g/mol. The van der Waals surface area contributed by atoms with Gasteiger partial charge in [0.25, 0.3) is 0 Å². The van der Waals surface area contributed by atoms with Crippen LogP contribution in [0, 0.1) is 0 Å². The molecule has 0 N–H and O–H groups in total. The highest BCUT2D eigenvalue weighted by Gasteiger charge is 2.23. The van der Waals surface area contributed by atoms with Crippen molar-refractivity contribution < 1.29 is 14.3 Å². The van der Waals surface area contributed by atoms with E-state index in [1.807, 2.05) is 48.5 Å². The molecule has 0 aliphatic rings. The van der Waals surface area contributed by atoms with Crippen LogP contribution in [0.5, 0.6) is 0 Å². The molecule has 182 valence electrons. The van der Waals surface area contributed by atoms with Gasteiger partial charge in [-0.25, -0.2) is 4.79 Å². The molecular formula is C33H22N2O3. The van der Waals surface area contributed by atoms with Crippen LogP contribution >= 0.6 is 0 Å². The second-order valence-electron chi connectivity index (χ2n) is 9.28. The van der Waals surface area contributed by atoms with Gasteiger partial charge in [-0.05, 0) is 36.4 Å². The Balaban J connectivity index is 1.71. The molecule has 0 radical (unpaired) electrons. The van der Waals surface area contributed by atoms with Crippen LogP contribution in [0.25, 0.3) is 55.0 Å². The summed E-state index contributed by atoms with van der Waals surface area (Å²) in [5.74, 6) is -0.553. The third-order valence-electron chi connectivity index (χ3n) is 7.32. The summed E-state index contributed by atoms with van der Waals surface area (Å²) in [7, 11) is 1.33. The third kappa shape index (κ3) is 3.05. The second kappa shape index (κ2) is 8.46. The van der Waals surface area contributed by atoms with E-state index >= 15 is 0 Å². The van der Waals surface area contributed by atoms with Gasteiger partial charge in [-0.3, -0.25) is 4.79 Å². The fourth-order valence-corrected chi connectivity index (χ4v) is 5.70. The van der Waals surface area contributed by atoms with Gasteiger partial charge in [0, 0.05) is 27.1 Å². The Morgan fingerprint density at radius 3 is 1.34 bits per heavy atom. The molecule has 0 fully saturated rings. The van der Waals surface area contributed by atoms with Crippen molar-refractivity contribution in [1.29, 1.82) is 0 Å². The number of benzene rings is 5. The molecule has 5 heteroatoms. The van der Waals surface area contributed by atoms with Crippen molar-refractivity contribution in [2.24, 2.45) is 0 Å². The molecule has 0 spiro atoms. The molecule has 38 heavy (non-hydrogen) atoms. The molecule has 0 atom stereocenters. The summed E-state index contributed by atoms with van der Waals surface area (Å²) in [6.07, 6.45) is 0.722. The van der Waals surface area contributed by atoms with Gasteiger partial charge in [0.15, 0.2) is 6.29 Å². The first kappa shape index (κ1) is 22.1. The number of aldehydes is 1. The van der Waals surface area contributed by atoms with Crippen molar-refractivity contribution in [2.75, 3.05) is 7.11 Å². The Morgan fingerprint density at radius 1 is 0.605 bits per heavy atom. The maximum absolute atomic E-state index is 12.9. The van der Waals surface area contributed by atoms with Gasteiger partial charge in [0.2, 0.25) is 0 Å². The molecule has 0 saturated carbocycles. The second-order valence-corrected chi connectivity index (χ2v) is 9.28. The van der Waals surface area contributed by atoms with Crippen molar-refractivity contribution in [2.45, 2.75) is 0 Å². The number of para-hydroxylation sites is 4. The molecule has 5 aromatic carbocycles. The zero-order chi connectivity index (χ0) is 25.8. The van der Waals surface area contributed by atoms with Crippen LogP contribution in [0.2, 0.25) is 0 Å². The molecule has 7 rings (SSSR count). The number of hydrogen-bond donors (Lipinski definition) is 0. The molecular weight excluding hydrogens is 472 g/mol. The zero-order valence-electron chi connectivity index (χ0n) is 20.6. The molecule has 2 heterocycles. The van der Waals surface area contributed by atoms with E-state index in [2.05, 4.69) is 57.7 Å². The molecule has 2 aromatic heterocycles. The summed E-state index contributed by atoms with van der Waals surface area (Å²) in [5, 5.41) is 4.44. The maximum Gasteiger partial charge on any atom is 0.338 e. The minimum atomic E-state index is -0.553. The molecule has 7 aromatic rings. The van der Waals surface area contributed by atoms with Crippen molar-refractivity contribution in [3.63, 3.8) is 0 Å². The van der Waals surface area contributed by atoms with Crippen LogP contribution in [0.4, 0.5) is 0 Å². The smallest absolute Gasteiger partial charge is 0.338 e. The first-order valence-electron chi connectivity index (χ1n) is 12.4. The Bertz CT molecular complexity index is 1960. The Hall–Kier alpha value is -5.16. The molecule has 0 amide bonds. The summed E-state index contributed by atoms with van der Waals surface area (Å²) in [5.41, 5.74) is 6.11. The van der Waals surface area contributed by atoms with Gasteiger partial charge in [-0.15, -0.1) is 0 Å². The van der Waals surface area contributed by atoms with E-state index in [0.29, 0.717) is 0 Å². The van der Waals surface area contributed by atoms with Gasteiger partial charge in [-0.2, -0.15) is 0 Å². The highest BCUT2D eigenvalue weighted by Crippen LogP contribution is 2.38. The van der Waals surface area contributed by atoms with E-state index in [1.165, 1.54) is 7.11 Å². The van der Waals surface area contributed by atoms with Crippen LogP contribution in [0.3, 0.4) is 0 Å². The Kier molecular flexibility index (Phi) is 4.91. The number of fused-ring (bicyclic) bond motifs is 6. The monoisotopic (exact) mass is 494 g/mol. The quantitative estimate of drug-likeness (QED) is 0.188. The number of hydrogen-bond acceptors (Lipinski definition) is 3. The summed E-state index contributed by atoms with van der Waals surface area (Å²) < 4.78 is 9.43. The van der Waals surface area contributed by atoms with Crippen molar-refractivity contribution >= 4 is 55.9 Å². The van der Waals surface area contributed by atoms with E-state index < -0.39 is 5.97 Å². The minimum absolute atomic E-state index is 0.226. The van der Waals surface area contributed by atoms with Crippen molar-refractivity contribution in [3.8, 4) is 11.4 Å². The summed E-state index contributed by atoms with van der Waals surface area (Å²) in [6.45, 7) is 0. The van der Waals surface area contributed by atoms with Gasteiger partial charge < -0.3 is 13.9 Å². The van der Waals surface area contributed by atoms with Crippen LogP contribution in [0.1, 0.15) is 20.7 Å². The molecule has 0 bridgehead atoms. The topological polar surface area (TPSA) is 53.2 Å². The Morgan fingerprint density at radius 2 is 0.974 bits per heavy atom. The van der Waals surface area contributed by atoms with Crippen LogP contribution in [0.15, 0.2) is 109 Å². The fourth-order valence-electron chi connectivity index (χ4n) is 5.70. The fraction of sp³-hybridized carbons (Fsp3) is 0.0303. The van der Waals surface area contributed by atoms with Crippen LogP contribution in [-0.4, -0.2) is 28.5 Å². The molecule has 0 unspecified atom stereocenters. The number of ether oxygens (including phenoxy) is 1. The normalized spacial score (nSPS) is 11.5. The van der Waals surface area contributed by atoms with Gasteiger partial charge >= 0.3 is 5.97 Å². The predicted octanol–water partition coefficient (Wildman–Crippen LogP) is 7.48. The molecule has 0 aliphatic heterocycles. The number of esters is 1.